The number of rotatable bonds is 1. The first kappa shape index (κ1) is 12.3. The Morgan fingerprint density at radius 3 is 2.06 bits per heavy atom. The second kappa shape index (κ2) is 5.02. The topological polar surface area (TPSA) is 0 Å². The van der Waals surface area contributed by atoms with Crippen molar-refractivity contribution < 1.29 is 21.1 Å². The Hall–Kier alpha value is -1.13. The van der Waals surface area contributed by atoms with E-state index in [0.29, 0.717) is 0 Å². The number of fused-ring (bicyclic) bond motifs is 3. The SMILES string of the molecule is CCc1cc2ccccc2c2ccccc12.[W]. The Morgan fingerprint density at radius 2 is 1.35 bits per heavy atom. The van der Waals surface area contributed by atoms with Gasteiger partial charge in [0, 0.05) is 21.1 Å². The standard InChI is InChI=1S/C16H14.W/c1-2-12-11-13-7-3-4-9-15(13)16-10-6-5-8-14(12)16;/h3-11H,2H2,1H3;. The third kappa shape index (κ3) is 2.03. The molecule has 1 heteroatoms. The quantitative estimate of drug-likeness (QED) is 0.535. The average molecular weight is 390 g/mol. The molecule has 0 saturated carbocycles. The van der Waals surface area contributed by atoms with E-state index in [4.69, 9.17) is 0 Å². The van der Waals surface area contributed by atoms with Crippen LogP contribution in [0.5, 0.6) is 0 Å². The molecule has 0 amide bonds. The maximum absolute atomic E-state index is 2.32. The van der Waals surface area contributed by atoms with Gasteiger partial charge in [-0.25, -0.2) is 0 Å². The fraction of sp³-hybridized carbons (Fsp3) is 0.125. The number of hydrogen-bond acceptors (Lipinski definition) is 0. The summed E-state index contributed by atoms with van der Waals surface area (Å²) in [4.78, 5) is 0. The van der Waals surface area contributed by atoms with E-state index in [1.807, 2.05) is 0 Å². The molecule has 0 radical (unpaired) electrons. The van der Waals surface area contributed by atoms with Crippen molar-refractivity contribution in [3.05, 3.63) is 60.2 Å². The summed E-state index contributed by atoms with van der Waals surface area (Å²) in [6, 6.07) is 19.6. The van der Waals surface area contributed by atoms with Crippen LogP contribution in [0, 0.1) is 0 Å². The zero-order valence-corrected chi connectivity index (χ0v) is 12.7. The molecule has 0 spiro atoms. The summed E-state index contributed by atoms with van der Waals surface area (Å²) in [5, 5.41) is 5.47. The van der Waals surface area contributed by atoms with E-state index in [1.54, 1.807) is 0 Å². The summed E-state index contributed by atoms with van der Waals surface area (Å²) >= 11 is 0. The van der Waals surface area contributed by atoms with E-state index in [-0.39, 0.29) is 21.1 Å². The van der Waals surface area contributed by atoms with E-state index in [9.17, 15) is 0 Å². The second-order valence-electron chi connectivity index (χ2n) is 4.16. The number of aryl methyl sites for hydroxylation is 1. The third-order valence-electron chi connectivity index (χ3n) is 3.23. The van der Waals surface area contributed by atoms with E-state index in [1.165, 1.54) is 27.1 Å². The van der Waals surface area contributed by atoms with Crippen LogP contribution >= 0.6 is 0 Å². The molecule has 84 valence electrons. The van der Waals surface area contributed by atoms with Crippen molar-refractivity contribution in [3.8, 4) is 0 Å². The van der Waals surface area contributed by atoms with Crippen LogP contribution in [-0.4, -0.2) is 0 Å². The van der Waals surface area contributed by atoms with Crippen LogP contribution in [-0.2, 0) is 27.5 Å². The number of hydrogen-bond donors (Lipinski definition) is 0. The van der Waals surface area contributed by atoms with Gasteiger partial charge in [0.25, 0.3) is 0 Å². The molecule has 0 aliphatic carbocycles. The van der Waals surface area contributed by atoms with Crippen LogP contribution in [0.1, 0.15) is 12.5 Å². The van der Waals surface area contributed by atoms with Gasteiger partial charge in [-0.2, -0.15) is 0 Å². The molecule has 0 aliphatic rings. The predicted octanol–water partition coefficient (Wildman–Crippen LogP) is 4.55. The Bertz CT molecular complexity index is 656. The number of benzene rings is 3. The van der Waals surface area contributed by atoms with Crippen molar-refractivity contribution in [1.29, 1.82) is 0 Å². The molecule has 17 heavy (non-hydrogen) atoms. The normalized spacial score (nSPS) is 10.4. The van der Waals surface area contributed by atoms with Crippen LogP contribution in [0.4, 0.5) is 0 Å². The molecule has 0 heterocycles. The van der Waals surface area contributed by atoms with Crippen LogP contribution < -0.4 is 0 Å². The summed E-state index contributed by atoms with van der Waals surface area (Å²) in [5.41, 5.74) is 1.44. The molecule has 0 fully saturated rings. The van der Waals surface area contributed by atoms with Crippen molar-refractivity contribution in [2.75, 3.05) is 0 Å². The van der Waals surface area contributed by atoms with Gasteiger partial charge in [-0.15, -0.1) is 0 Å². The van der Waals surface area contributed by atoms with Crippen molar-refractivity contribution in [1.82, 2.24) is 0 Å². The van der Waals surface area contributed by atoms with Gasteiger partial charge in [-0.3, -0.25) is 0 Å². The van der Waals surface area contributed by atoms with Gasteiger partial charge >= 0.3 is 0 Å². The molecule has 0 saturated heterocycles. The monoisotopic (exact) mass is 390 g/mol. The Kier molecular flexibility index (Phi) is 3.64. The van der Waals surface area contributed by atoms with Gasteiger partial charge in [0.2, 0.25) is 0 Å². The van der Waals surface area contributed by atoms with E-state index < -0.39 is 0 Å². The first-order valence-electron chi connectivity index (χ1n) is 5.79. The first-order valence-corrected chi connectivity index (χ1v) is 5.79. The molecular weight excluding hydrogens is 376 g/mol. The van der Waals surface area contributed by atoms with Crippen molar-refractivity contribution >= 4 is 21.5 Å². The largest absolute Gasteiger partial charge is 0.0616 e. The van der Waals surface area contributed by atoms with Crippen molar-refractivity contribution in [3.63, 3.8) is 0 Å². The zero-order valence-electron chi connectivity index (χ0n) is 9.81. The minimum absolute atomic E-state index is 0. The molecular formula is C16H14W. The van der Waals surface area contributed by atoms with Crippen LogP contribution in [0.25, 0.3) is 21.5 Å². The Morgan fingerprint density at radius 1 is 0.765 bits per heavy atom. The Labute approximate surface area is 116 Å². The Balaban J connectivity index is 0.00000108. The predicted molar refractivity (Wildman–Crippen MR) is 70.8 cm³/mol. The van der Waals surface area contributed by atoms with Gasteiger partial charge in [0.05, 0.1) is 0 Å². The maximum Gasteiger partial charge on any atom is 0 e. The zero-order chi connectivity index (χ0) is 11.0. The smallest absolute Gasteiger partial charge is 0 e. The molecule has 3 aromatic rings. The summed E-state index contributed by atoms with van der Waals surface area (Å²) in [5.74, 6) is 0. The second-order valence-corrected chi connectivity index (χ2v) is 4.16. The molecule has 0 nitrogen and oxygen atoms in total. The fourth-order valence-corrected chi connectivity index (χ4v) is 2.42. The van der Waals surface area contributed by atoms with Gasteiger partial charge in [0.1, 0.15) is 0 Å². The molecule has 0 aliphatic heterocycles. The third-order valence-corrected chi connectivity index (χ3v) is 3.23. The molecule has 3 rings (SSSR count). The molecule has 0 aromatic heterocycles. The molecule has 0 unspecified atom stereocenters. The summed E-state index contributed by atoms with van der Waals surface area (Å²) < 4.78 is 0. The molecule has 3 aromatic carbocycles. The van der Waals surface area contributed by atoms with Gasteiger partial charge in [-0.05, 0) is 33.5 Å². The summed E-state index contributed by atoms with van der Waals surface area (Å²) in [6.45, 7) is 2.22. The van der Waals surface area contributed by atoms with Crippen molar-refractivity contribution in [2.24, 2.45) is 0 Å². The van der Waals surface area contributed by atoms with Gasteiger partial charge in [0.15, 0.2) is 0 Å². The first-order chi connectivity index (χ1) is 7.90. The van der Waals surface area contributed by atoms with E-state index in [2.05, 4.69) is 61.5 Å². The van der Waals surface area contributed by atoms with Gasteiger partial charge in [-0.1, -0.05) is 61.5 Å². The minimum atomic E-state index is 0. The molecule has 0 bridgehead atoms. The summed E-state index contributed by atoms with van der Waals surface area (Å²) in [7, 11) is 0. The molecule has 0 N–H and O–H groups in total. The molecule has 0 atom stereocenters. The minimum Gasteiger partial charge on any atom is -0.0616 e. The van der Waals surface area contributed by atoms with Crippen LogP contribution in [0.15, 0.2) is 54.6 Å². The van der Waals surface area contributed by atoms with Crippen LogP contribution in [0.3, 0.4) is 0 Å². The average Bonchev–Trinajstić information content (AvgIpc) is 2.38. The van der Waals surface area contributed by atoms with E-state index in [0.717, 1.165) is 6.42 Å². The van der Waals surface area contributed by atoms with Crippen molar-refractivity contribution in [2.45, 2.75) is 13.3 Å². The fourth-order valence-electron chi connectivity index (χ4n) is 2.42. The van der Waals surface area contributed by atoms with E-state index >= 15 is 0 Å². The maximum atomic E-state index is 2.32. The van der Waals surface area contributed by atoms with Crippen LogP contribution in [0.2, 0.25) is 0 Å². The van der Waals surface area contributed by atoms with Gasteiger partial charge < -0.3 is 0 Å². The summed E-state index contributed by atoms with van der Waals surface area (Å²) in [6.07, 6.45) is 1.09.